The smallest absolute Gasteiger partial charge is 0.386 e. The number of phosphoric ester groups is 2. The molecule has 0 aliphatic carbocycles. The van der Waals surface area contributed by atoms with Gasteiger partial charge in [-0.2, -0.15) is 4.31 Å². The average molecular weight is 818 g/mol. The largest absolute Gasteiger partial charge is 0.481 e. The van der Waals surface area contributed by atoms with Gasteiger partial charge in [0, 0.05) is 30.7 Å². The number of ether oxygens (including phenoxy) is 1. The van der Waals surface area contributed by atoms with Crippen molar-refractivity contribution in [1.82, 2.24) is 30.2 Å². The highest BCUT2D eigenvalue weighted by Gasteiger charge is 2.48. The fraction of sp³-hybridized carbons (Fsp3) is 0.640. The van der Waals surface area contributed by atoms with Gasteiger partial charge in [-0.05, 0) is 6.92 Å². The average Bonchev–Trinajstić information content (AvgIpc) is 3.61. The number of nitrogens with one attached hydrogen (secondary N) is 2. The topological polar surface area (TPSA) is 340 Å². The van der Waals surface area contributed by atoms with Crippen LogP contribution in [-0.4, -0.2) is 119 Å². The third-order valence-electron chi connectivity index (χ3n) is 7.06. The van der Waals surface area contributed by atoms with E-state index in [-0.39, 0.29) is 59.6 Å². The monoisotopic (exact) mass is 817 g/mol. The van der Waals surface area contributed by atoms with Crippen LogP contribution in [0.2, 0.25) is 0 Å². The van der Waals surface area contributed by atoms with Gasteiger partial charge in [-0.15, -0.1) is 0 Å². The van der Waals surface area contributed by atoms with Crippen LogP contribution < -0.4 is 16.4 Å². The number of hydrogen-bond donors (Lipinski definition) is 7. The molecule has 0 radical (unpaired) electrons. The van der Waals surface area contributed by atoms with Gasteiger partial charge in [0.2, 0.25) is 11.8 Å². The second-order valence-electron chi connectivity index (χ2n) is 11.8. The van der Waals surface area contributed by atoms with Crippen LogP contribution in [0.4, 0.5) is 5.82 Å². The molecule has 2 amide bonds. The molecule has 8 N–H and O–H groups in total. The van der Waals surface area contributed by atoms with Crippen LogP contribution in [0.1, 0.15) is 39.8 Å². The van der Waals surface area contributed by atoms with E-state index < -0.39 is 85.4 Å². The van der Waals surface area contributed by atoms with Crippen molar-refractivity contribution in [3.05, 3.63) is 12.7 Å². The molecule has 0 saturated carbocycles. The number of nitrogens with two attached hydrogens (primary N) is 1. The number of nitrogens with zero attached hydrogens (tertiary/aromatic N) is 4. The highest BCUT2D eigenvalue weighted by Crippen LogP contribution is 2.61. The van der Waals surface area contributed by atoms with Crippen molar-refractivity contribution in [2.24, 2.45) is 5.41 Å². The third-order valence-corrected chi connectivity index (χ3v) is 10.8. The molecular weight excluding hydrogens is 779 g/mol. The Hall–Kier alpha value is -2.82. The minimum absolute atomic E-state index is 0.0289. The number of anilines is 1. The molecule has 1 fully saturated rings. The first kappa shape index (κ1) is 43.6. The minimum atomic E-state index is -5.43. The van der Waals surface area contributed by atoms with Gasteiger partial charge in [0.05, 0.1) is 26.0 Å². The molecular formula is C25H38N7O16P3S. The standard InChI is InChI=1S/C25H38N7O16P3S/c1-13(33)8-16(35)52-7-6-27-15(34)4-5-28-23(38)20(37)25(2,3)10-45-51(42,43)48-50(40,41)44-9-14-19(47-49-39)18(36)24(46-14)32-12-31-17-21(26)29-11-30-22(17)32/h11-12,14,18-20,24,36-37H,4-10H2,1-3H3,(H,27,34)(H,28,38)(H,40,41)(H,42,43)(H2,26,29,30)/t14-,18-,19-,20?,24-/m1/s1. The number of rotatable bonds is 21. The molecule has 2 aromatic heterocycles. The molecule has 0 aromatic carbocycles. The van der Waals surface area contributed by atoms with Crippen LogP contribution in [-0.2, 0) is 55.5 Å². The van der Waals surface area contributed by atoms with E-state index in [2.05, 4.69) is 29.9 Å². The van der Waals surface area contributed by atoms with Crippen molar-refractivity contribution in [3.63, 3.8) is 0 Å². The van der Waals surface area contributed by atoms with Crippen LogP contribution in [0, 0.1) is 5.41 Å². The van der Waals surface area contributed by atoms with E-state index in [1.54, 1.807) is 0 Å². The Morgan fingerprint density at radius 2 is 1.83 bits per heavy atom. The van der Waals surface area contributed by atoms with Crippen molar-refractivity contribution in [3.8, 4) is 0 Å². The number of nitrogen functional groups attached to an aromatic ring is 1. The molecule has 1 aliphatic heterocycles. The SMILES string of the molecule is CC(=O)CC(=O)SCCNC(=O)CCNC(=O)C(O)C(C)(C)COP(=O)(O)OP(=O)(O)OC[C@H]1O[C@@H](n2cnc3c(N)ncnc32)[C@H](O)[C@@H]1OP=O. The first-order chi connectivity index (χ1) is 24.3. The number of Topliss-reactive ketones (excluding diaryl/α,β-unsaturated/α-hetero) is 1. The number of ketones is 1. The summed E-state index contributed by atoms with van der Waals surface area (Å²) >= 11 is 0.892. The summed E-state index contributed by atoms with van der Waals surface area (Å²) in [5.74, 6) is -1.45. The lowest BCUT2D eigenvalue weighted by Crippen LogP contribution is -2.46. The molecule has 2 aromatic rings. The van der Waals surface area contributed by atoms with Crippen LogP contribution in [0.25, 0.3) is 11.2 Å². The van der Waals surface area contributed by atoms with Gasteiger partial charge in [-0.3, -0.25) is 37.3 Å². The predicted octanol–water partition coefficient (Wildman–Crippen LogP) is -0.242. The summed E-state index contributed by atoms with van der Waals surface area (Å²) in [6.07, 6.45) is -5.61. The number of carbonyl (C=O) groups is 4. The highest BCUT2D eigenvalue weighted by atomic mass is 32.2. The zero-order chi connectivity index (χ0) is 38.9. The summed E-state index contributed by atoms with van der Waals surface area (Å²) in [7, 11) is -11.7. The maximum absolute atomic E-state index is 12.6. The van der Waals surface area contributed by atoms with Crippen LogP contribution in [0.5, 0.6) is 0 Å². The fourth-order valence-corrected chi connectivity index (χ4v) is 7.79. The summed E-state index contributed by atoms with van der Waals surface area (Å²) in [4.78, 5) is 79.0. The number of fused-ring (bicyclic) bond motifs is 1. The maximum atomic E-state index is 12.6. The first-order valence-electron chi connectivity index (χ1n) is 15.1. The summed E-state index contributed by atoms with van der Waals surface area (Å²) in [6.45, 7) is 1.98. The molecule has 0 bridgehead atoms. The Labute approximate surface area is 301 Å². The van der Waals surface area contributed by atoms with Crippen molar-refractivity contribution in [1.29, 1.82) is 0 Å². The van der Waals surface area contributed by atoms with E-state index in [9.17, 15) is 52.9 Å². The van der Waals surface area contributed by atoms with Gasteiger partial charge in [-0.1, -0.05) is 25.6 Å². The Balaban J connectivity index is 1.47. The lowest BCUT2D eigenvalue weighted by Gasteiger charge is -2.30. The van der Waals surface area contributed by atoms with Crippen molar-refractivity contribution in [2.45, 2.75) is 64.3 Å². The summed E-state index contributed by atoms with van der Waals surface area (Å²) in [5, 5.41) is 25.8. The van der Waals surface area contributed by atoms with Crippen LogP contribution >= 0.6 is 36.1 Å². The number of phosphoric acid groups is 2. The van der Waals surface area contributed by atoms with E-state index in [0.717, 1.165) is 18.1 Å². The zero-order valence-corrected chi connectivity index (χ0v) is 31.3. The number of amides is 2. The fourth-order valence-electron chi connectivity index (χ4n) is 4.44. The Kier molecular flexibility index (Phi) is 15.9. The van der Waals surface area contributed by atoms with Gasteiger partial charge >= 0.3 is 24.3 Å². The van der Waals surface area contributed by atoms with Gasteiger partial charge < -0.3 is 41.1 Å². The second-order valence-corrected chi connectivity index (χ2v) is 16.3. The number of aliphatic hydroxyl groups is 2. The highest BCUT2D eigenvalue weighted by molar-refractivity contribution is 8.13. The number of aromatic nitrogens is 4. The van der Waals surface area contributed by atoms with Crippen molar-refractivity contribution < 1.29 is 75.5 Å². The number of imidazole rings is 1. The van der Waals surface area contributed by atoms with E-state index in [1.165, 1.54) is 31.7 Å². The Morgan fingerprint density at radius 3 is 2.50 bits per heavy atom. The van der Waals surface area contributed by atoms with Gasteiger partial charge in [0.25, 0.3) is 0 Å². The van der Waals surface area contributed by atoms with Crippen molar-refractivity contribution in [2.75, 3.05) is 37.8 Å². The molecule has 3 heterocycles. The molecule has 27 heteroatoms. The summed E-state index contributed by atoms with van der Waals surface area (Å²) in [5.41, 5.74) is 4.51. The summed E-state index contributed by atoms with van der Waals surface area (Å²) < 4.78 is 62.2. The van der Waals surface area contributed by atoms with E-state index in [4.69, 9.17) is 24.0 Å². The second kappa shape index (κ2) is 19.0. The molecule has 1 aliphatic rings. The quantitative estimate of drug-likeness (QED) is 0.0485. The molecule has 52 heavy (non-hydrogen) atoms. The lowest BCUT2D eigenvalue weighted by molar-refractivity contribution is -0.137. The normalized spacial score (nSPS) is 22.1. The lowest BCUT2D eigenvalue weighted by atomic mass is 9.87. The Bertz CT molecular complexity index is 1720. The zero-order valence-electron chi connectivity index (χ0n) is 27.8. The number of hydrogen-bond acceptors (Lipinski definition) is 19. The first-order valence-corrected chi connectivity index (χ1v) is 19.8. The third kappa shape index (κ3) is 12.7. The van der Waals surface area contributed by atoms with E-state index in [0.29, 0.717) is 0 Å². The number of aliphatic hydroxyl groups excluding tert-OH is 2. The van der Waals surface area contributed by atoms with E-state index in [1.807, 2.05) is 0 Å². The molecule has 3 unspecified atom stereocenters. The number of carbonyl (C=O) groups excluding carboxylic acids is 4. The molecule has 290 valence electrons. The van der Waals surface area contributed by atoms with Gasteiger partial charge in [0.15, 0.2) is 22.8 Å². The Morgan fingerprint density at radius 1 is 1.13 bits per heavy atom. The van der Waals surface area contributed by atoms with Crippen LogP contribution in [0.3, 0.4) is 0 Å². The number of thioether (sulfide) groups is 1. The van der Waals surface area contributed by atoms with Crippen LogP contribution in [0.15, 0.2) is 12.7 Å². The molecule has 3 rings (SSSR count). The summed E-state index contributed by atoms with van der Waals surface area (Å²) in [6, 6.07) is 0. The predicted molar refractivity (Wildman–Crippen MR) is 178 cm³/mol. The minimum Gasteiger partial charge on any atom is -0.386 e. The van der Waals surface area contributed by atoms with Gasteiger partial charge in [0.1, 0.15) is 42.0 Å². The molecule has 7 atom stereocenters. The van der Waals surface area contributed by atoms with E-state index >= 15 is 0 Å². The molecule has 0 spiro atoms. The maximum Gasteiger partial charge on any atom is 0.481 e. The van der Waals surface area contributed by atoms with Crippen molar-refractivity contribution >= 4 is 75.8 Å². The molecule has 23 nitrogen and oxygen atoms in total. The molecule has 1 saturated heterocycles. The van der Waals surface area contributed by atoms with Gasteiger partial charge in [-0.25, -0.2) is 28.6 Å².